The first-order valence-corrected chi connectivity index (χ1v) is 9.74. The normalized spacial score (nSPS) is 13.2. The lowest BCUT2D eigenvalue weighted by molar-refractivity contribution is 0.215. The lowest BCUT2D eigenvalue weighted by atomic mass is 9.88. The van der Waals surface area contributed by atoms with Gasteiger partial charge in [0, 0.05) is 11.6 Å². The van der Waals surface area contributed by atoms with Gasteiger partial charge in [-0.1, -0.05) is 49.1 Å². The molecule has 0 fully saturated rings. The van der Waals surface area contributed by atoms with Crippen LogP contribution in [0.1, 0.15) is 33.3 Å². The number of rotatable bonds is 5. The van der Waals surface area contributed by atoms with Crippen LogP contribution in [0.15, 0.2) is 29.6 Å². The van der Waals surface area contributed by atoms with Gasteiger partial charge in [0.15, 0.2) is 5.65 Å². The highest BCUT2D eigenvalue weighted by Crippen LogP contribution is 2.40. The Labute approximate surface area is 178 Å². The van der Waals surface area contributed by atoms with E-state index in [0.29, 0.717) is 28.2 Å². The molecule has 0 bridgehead atoms. The number of benzene rings is 1. The second-order valence-electron chi connectivity index (χ2n) is 7.73. The molecule has 154 valence electrons. The Morgan fingerprint density at radius 3 is 2.66 bits per heavy atom. The van der Waals surface area contributed by atoms with Crippen LogP contribution in [0.5, 0.6) is 0 Å². The van der Waals surface area contributed by atoms with Gasteiger partial charge >= 0.3 is 0 Å². The SMILES string of the molecule is CON=Cc1cnn2c(NC(C)C(C)(C)C)c(-c3ccc(F)cc3Cl)c(Cl)nc12. The van der Waals surface area contributed by atoms with Crippen LogP contribution in [0.3, 0.4) is 0 Å². The molecule has 1 atom stereocenters. The van der Waals surface area contributed by atoms with Crippen molar-refractivity contribution >= 4 is 40.9 Å². The molecule has 1 N–H and O–H groups in total. The van der Waals surface area contributed by atoms with Gasteiger partial charge in [0.25, 0.3) is 0 Å². The standard InChI is InChI=1S/C20H22Cl2FN5O/c1-11(20(2,3)4)26-19-16(14-7-6-13(23)8-15(14)21)17(22)27-18-12(10-25-29-5)9-24-28(18)19/h6-11,26H,1-5H3. The third kappa shape index (κ3) is 4.31. The van der Waals surface area contributed by atoms with Crippen molar-refractivity contribution in [2.75, 3.05) is 12.4 Å². The maximum absolute atomic E-state index is 13.6. The van der Waals surface area contributed by atoms with Crippen LogP contribution in [0.25, 0.3) is 16.8 Å². The molecule has 0 saturated carbocycles. The Balaban J connectivity index is 2.30. The van der Waals surface area contributed by atoms with Crippen LogP contribution < -0.4 is 5.32 Å². The van der Waals surface area contributed by atoms with Gasteiger partial charge in [-0.2, -0.15) is 9.61 Å². The van der Waals surface area contributed by atoms with Crippen molar-refractivity contribution in [3.05, 3.63) is 46.0 Å². The number of nitrogens with one attached hydrogen (secondary N) is 1. The molecule has 0 saturated heterocycles. The van der Waals surface area contributed by atoms with Gasteiger partial charge in [-0.15, -0.1) is 0 Å². The minimum absolute atomic E-state index is 0.0439. The molecule has 9 heteroatoms. The van der Waals surface area contributed by atoms with Crippen LogP contribution in [-0.4, -0.2) is 34.0 Å². The molecule has 3 rings (SSSR count). The maximum atomic E-state index is 13.6. The molecule has 6 nitrogen and oxygen atoms in total. The molecule has 0 aliphatic rings. The molecule has 2 heterocycles. The van der Waals surface area contributed by atoms with Crippen LogP contribution in [0.2, 0.25) is 10.2 Å². The van der Waals surface area contributed by atoms with Gasteiger partial charge in [0.05, 0.1) is 28.6 Å². The number of aromatic nitrogens is 3. The van der Waals surface area contributed by atoms with Crippen LogP contribution in [-0.2, 0) is 4.84 Å². The molecule has 1 aromatic carbocycles. The monoisotopic (exact) mass is 437 g/mol. The number of oxime groups is 1. The van der Waals surface area contributed by atoms with Crippen molar-refractivity contribution in [1.29, 1.82) is 0 Å². The highest BCUT2D eigenvalue weighted by molar-refractivity contribution is 6.36. The summed E-state index contributed by atoms with van der Waals surface area (Å²) < 4.78 is 15.3. The smallest absolute Gasteiger partial charge is 0.167 e. The Hall–Kier alpha value is -2.38. The Kier molecular flexibility index (Phi) is 6.00. The fourth-order valence-electron chi connectivity index (χ4n) is 2.67. The zero-order valence-electron chi connectivity index (χ0n) is 16.8. The number of hydrogen-bond acceptors (Lipinski definition) is 5. The van der Waals surface area contributed by atoms with Gasteiger partial charge in [0.1, 0.15) is 23.9 Å². The fourth-order valence-corrected chi connectivity index (χ4v) is 3.20. The predicted octanol–water partition coefficient (Wildman–Crippen LogP) is 5.67. The molecule has 2 aromatic heterocycles. The molecule has 0 amide bonds. The molecule has 3 aromatic rings. The van der Waals surface area contributed by atoms with Gasteiger partial charge in [-0.3, -0.25) is 0 Å². The molecule has 1 unspecified atom stereocenters. The van der Waals surface area contributed by atoms with Gasteiger partial charge in [-0.05, 0) is 30.5 Å². The number of hydrogen-bond donors (Lipinski definition) is 1. The predicted molar refractivity (Wildman–Crippen MR) is 116 cm³/mol. The zero-order valence-corrected chi connectivity index (χ0v) is 18.3. The first kappa shape index (κ1) is 21.3. The average molecular weight is 438 g/mol. The molecule has 29 heavy (non-hydrogen) atoms. The van der Waals surface area contributed by atoms with E-state index in [2.05, 4.69) is 48.3 Å². The average Bonchev–Trinajstić information content (AvgIpc) is 3.02. The summed E-state index contributed by atoms with van der Waals surface area (Å²) in [5.74, 6) is 0.173. The van der Waals surface area contributed by atoms with E-state index in [-0.39, 0.29) is 21.6 Å². The van der Waals surface area contributed by atoms with Gasteiger partial charge in [0.2, 0.25) is 0 Å². The molecular weight excluding hydrogens is 416 g/mol. The highest BCUT2D eigenvalue weighted by Gasteiger charge is 2.26. The molecule has 0 aliphatic carbocycles. The quantitative estimate of drug-likeness (QED) is 0.317. The summed E-state index contributed by atoms with van der Waals surface area (Å²) in [6, 6.07) is 4.20. The minimum Gasteiger partial charge on any atom is -0.399 e. The second kappa shape index (κ2) is 8.16. The van der Waals surface area contributed by atoms with Crippen molar-refractivity contribution in [2.24, 2.45) is 10.6 Å². The molecule has 0 spiro atoms. The summed E-state index contributed by atoms with van der Waals surface area (Å²) in [7, 11) is 1.45. The summed E-state index contributed by atoms with van der Waals surface area (Å²) in [5.41, 5.74) is 2.18. The number of anilines is 1. The third-order valence-electron chi connectivity index (χ3n) is 4.78. The van der Waals surface area contributed by atoms with Crippen molar-refractivity contribution in [2.45, 2.75) is 33.7 Å². The van der Waals surface area contributed by atoms with E-state index in [0.717, 1.165) is 0 Å². The first-order valence-electron chi connectivity index (χ1n) is 8.99. The summed E-state index contributed by atoms with van der Waals surface area (Å²) >= 11 is 12.9. The van der Waals surface area contributed by atoms with E-state index in [1.807, 2.05) is 0 Å². The van der Waals surface area contributed by atoms with Gasteiger partial charge < -0.3 is 10.2 Å². The second-order valence-corrected chi connectivity index (χ2v) is 8.50. The summed E-state index contributed by atoms with van der Waals surface area (Å²) in [5, 5.41) is 12.2. The largest absolute Gasteiger partial charge is 0.399 e. The Morgan fingerprint density at radius 2 is 2.03 bits per heavy atom. The lowest BCUT2D eigenvalue weighted by Gasteiger charge is -2.30. The number of nitrogens with zero attached hydrogens (tertiary/aromatic N) is 4. The maximum Gasteiger partial charge on any atom is 0.167 e. The van der Waals surface area contributed by atoms with Crippen LogP contribution in [0.4, 0.5) is 10.2 Å². The van der Waals surface area contributed by atoms with Crippen LogP contribution >= 0.6 is 23.2 Å². The zero-order chi connectivity index (χ0) is 21.3. The van der Waals surface area contributed by atoms with E-state index in [9.17, 15) is 4.39 Å². The number of fused-ring (bicyclic) bond motifs is 1. The summed E-state index contributed by atoms with van der Waals surface area (Å²) in [6.45, 7) is 8.42. The van der Waals surface area contributed by atoms with Crippen molar-refractivity contribution in [1.82, 2.24) is 14.6 Å². The fraction of sp³-hybridized carbons (Fsp3) is 0.350. The third-order valence-corrected chi connectivity index (χ3v) is 5.37. The van der Waals surface area contributed by atoms with E-state index < -0.39 is 5.82 Å². The van der Waals surface area contributed by atoms with Crippen molar-refractivity contribution in [3.63, 3.8) is 0 Å². The highest BCUT2D eigenvalue weighted by atomic mass is 35.5. The summed E-state index contributed by atoms with van der Waals surface area (Å²) in [6.07, 6.45) is 3.12. The van der Waals surface area contributed by atoms with Crippen molar-refractivity contribution in [3.8, 4) is 11.1 Å². The topological polar surface area (TPSA) is 63.8 Å². The lowest BCUT2D eigenvalue weighted by Crippen LogP contribution is -2.32. The summed E-state index contributed by atoms with van der Waals surface area (Å²) in [4.78, 5) is 9.24. The van der Waals surface area contributed by atoms with E-state index in [4.69, 9.17) is 28.0 Å². The van der Waals surface area contributed by atoms with E-state index in [1.54, 1.807) is 16.8 Å². The molecule has 0 aliphatic heterocycles. The van der Waals surface area contributed by atoms with E-state index in [1.165, 1.54) is 25.5 Å². The molecule has 0 radical (unpaired) electrons. The van der Waals surface area contributed by atoms with Crippen LogP contribution in [0, 0.1) is 11.2 Å². The van der Waals surface area contributed by atoms with E-state index >= 15 is 0 Å². The number of halogens is 3. The Morgan fingerprint density at radius 1 is 1.31 bits per heavy atom. The minimum atomic E-state index is -0.432. The van der Waals surface area contributed by atoms with Crippen molar-refractivity contribution < 1.29 is 9.23 Å². The van der Waals surface area contributed by atoms with Gasteiger partial charge in [-0.25, -0.2) is 9.37 Å². The molecular formula is C20H22Cl2FN5O. The Bertz CT molecular complexity index is 1070. The first-order chi connectivity index (χ1) is 13.6.